The average molecular weight is 519 g/mol. The van der Waals surface area contributed by atoms with Crippen molar-refractivity contribution < 1.29 is 19.4 Å². The zero-order chi connectivity index (χ0) is 27.4. The number of amides is 1. The summed E-state index contributed by atoms with van der Waals surface area (Å²) >= 11 is 0. The summed E-state index contributed by atoms with van der Waals surface area (Å²) in [6, 6.07) is 10.6. The van der Waals surface area contributed by atoms with Gasteiger partial charge in [-0.3, -0.25) is 9.59 Å². The van der Waals surface area contributed by atoms with Crippen LogP contribution in [0.1, 0.15) is 62.2 Å². The van der Waals surface area contributed by atoms with E-state index in [0.29, 0.717) is 42.4 Å². The van der Waals surface area contributed by atoms with Gasteiger partial charge in [0.05, 0.1) is 23.9 Å². The summed E-state index contributed by atoms with van der Waals surface area (Å²) in [5.41, 5.74) is 3.45. The number of Topliss-reactive ketones (excluding diaryl/α,β-unsaturated/α-hetero) is 1. The van der Waals surface area contributed by atoms with Crippen molar-refractivity contribution in [3.8, 4) is 5.75 Å². The van der Waals surface area contributed by atoms with E-state index in [0.717, 1.165) is 37.2 Å². The first-order valence-electron chi connectivity index (χ1n) is 13.5. The van der Waals surface area contributed by atoms with Gasteiger partial charge in [-0.05, 0) is 75.6 Å². The van der Waals surface area contributed by atoms with Gasteiger partial charge in [0.2, 0.25) is 0 Å². The summed E-state index contributed by atoms with van der Waals surface area (Å²) < 4.78 is 7.74. The van der Waals surface area contributed by atoms with Crippen molar-refractivity contribution in [1.29, 1.82) is 0 Å². The molecule has 8 nitrogen and oxygen atoms in total. The number of pyridine rings is 1. The number of carbonyl (C=O) groups is 2. The maximum absolute atomic E-state index is 13.5. The average Bonchev–Trinajstić information content (AvgIpc) is 3.39. The van der Waals surface area contributed by atoms with Gasteiger partial charge in [0.1, 0.15) is 17.1 Å². The molecule has 0 bridgehead atoms. The van der Waals surface area contributed by atoms with E-state index in [1.807, 2.05) is 67.8 Å². The van der Waals surface area contributed by atoms with Crippen LogP contribution in [0.3, 0.4) is 0 Å². The molecule has 38 heavy (non-hydrogen) atoms. The van der Waals surface area contributed by atoms with Crippen molar-refractivity contribution in [2.75, 3.05) is 32.8 Å². The zero-order valence-corrected chi connectivity index (χ0v) is 23.0. The van der Waals surface area contributed by atoms with Crippen molar-refractivity contribution in [2.24, 2.45) is 0 Å². The van der Waals surface area contributed by atoms with Crippen LogP contribution in [-0.4, -0.2) is 68.8 Å². The Morgan fingerprint density at radius 3 is 2.55 bits per heavy atom. The van der Waals surface area contributed by atoms with E-state index in [2.05, 4.69) is 23.7 Å². The fourth-order valence-corrected chi connectivity index (χ4v) is 5.13. The van der Waals surface area contributed by atoms with E-state index in [4.69, 9.17) is 4.74 Å². The predicted octanol–water partition coefficient (Wildman–Crippen LogP) is 4.89. The van der Waals surface area contributed by atoms with Crippen LogP contribution in [0.2, 0.25) is 0 Å². The van der Waals surface area contributed by atoms with Crippen LogP contribution in [0.4, 0.5) is 0 Å². The van der Waals surface area contributed by atoms with Crippen LogP contribution >= 0.6 is 0 Å². The molecule has 1 N–H and O–H groups in total. The Morgan fingerprint density at radius 1 is 1.11 bits per heavy atom. The number of aromatic nitrogens is 2. The summed E-state index contributed by atoms with van der Waals surface area (Å²) in [6.07, 6.45) is 3.45. The Balaban J connectivity index is 1.82. The SMILES string of the molecule is CCCOc1cccc(C2C(=C(O)c3nc4c(C)cccn4c3C)C(=O)C(=O)N2CCCN(CC)CC)c1. The molecule has 1 aliphatic rings. The zero-order valence-electron chi connectivity index (χ0n) is 23.0. The van der Waals surface area contributed by atoms with Crippen molar-refractivity contribution in [3.05, 3.63) is 70.7 Å². The lowest BCUT2D eigenvalue weighted by molar-refractivity contribution is -0.140. The summed E-state index contributed by atoms with van der Waals surface area (Å²) in [5.74, 6) is -0.880. The number of benzene rings is 1. The van der Waals surface area contributed by atoms with Gasteiger partial charge in [-0.1, -0.05) is 39.0 Å². The third-order valence-corrected chi connectivity index (χ3v) is 7.26. The number of carbonyl (C=O) groups excluding carboxylic acids is 2. The number of aryl methyl sites for hydroxylation is 2. The lowest BCUT2D eigenvalue weighted by atomic mass is 9.96. The molecule has 4 rings (SSSR count). The molecule has 0 saturated carbocycles. The van der Waals surface area contributed by atoms with Crippen molar-refractivity contribution >= 4 is 23.1 Å². The number of ether oxygens (including phenoxy) is 1. The molecule has 3 heterocycles. The normalized spacial score (nSPS) is 17.2. The van der Waals surface area contributed by atoms with Gasteiger partial charge in [-0.25, -0.2) is 4.98 Å². The van der Waals surface area contributed by atoms with Crippen LogP contribution in [0.15, 0.2) is 48.2 Å². The fraction of sp³-hybridized carbons (Fsp3) is 0.433. The van der Waals surface area contributed by atoms with E-state index in [-0.39, 0.29) is 11.3 Å². The number of ketones is 1. The first-order valence-corrected chi connectivity index (χ1v) is 13.5. The van der Waals surface area contributed by atoms with E-state index in [1.165, 1.54) is 0 Å². The van der Waals surface area contributed by atoms with Crippen LogP contribution in [0.25, 0.3) is 11.4 Å². The molecular weight excluding hydrogens is 480 g/mol. The minimum absolute atomic E-state index is 0.0645. The molecule has 0 spiro atoms. The standard InChI is InChI=1S/C30H38N4O4/c1-6-18-38-23-14-9-13-22(19-23)26-24(28(36)30(37)34(26)17-11-15-32(7-2)8-3)27(35)25-21(5)33-16-10-12-20(4)29(33)31-25/h9-10,12-14,16,19,26,35H,6-8,11,15,17-18H2,1-5H3. The molecule has 1 amide bonds. The van der Waals surface area contributed by atoms with Gasteiger partial charge in [-0.15, -0.1) is 0 Å². The summed E-state index contributed by atoms with van der Waals surface area (Å²) in [5, 5.41) is 11.6. The lowest BCUT2D eigenvalue weighted by Gasteiger charge is -2.27. The lowest BCUT2D eigenvalue weighted by Crippen LogP contribution is -2.33. The number of nitrogens with zero attached hydrogens (tertiary/aromatic N) is 4. The largest absolute Gasteiger partial charge is 0.505 e. The Labute approximate surface area is 224 Å². The van der Waals surface area contributed by atoms with Gasteiger partial charge in [-0.2, -0.15) is 0 Å². The highest BCUT2D eigenvalue weighted by Gasteiger charge is 2.46. The number of aliphatic hydroxyl groups is 1. The number of hydrogen-bond donors (Lipinski definition) is 1. The molecule has 1 saturated heterocycles. The topological polar surface area (TPSA) is 87.4 Å². The number of fused-ring (bicyclic) bond motifs is 1. The number of rotatable bonds is 11. The van der Waals surface area contributed by atoms with Crippen LogP contribution < -0.4 is 4.74 Å². The molecule has 202 valence electrons. The molecule has 1 atom stereocenters. The van der Waals surface area contributed by atoms with Gasteiger partial charge in [0.15, 0.2) is 5.76 Å². The molecule has 1 aromatic carbocycles. The molecule has 0 aliphatic carbocycles. The monoisotopic (exact) mass is 518 g/mol. The van der Waals surface area contributed by atoms with E-state index in [9.17, 15) is 14.7 Å². The Kier molecular flexibility index (Phi) is 8.52. The summed E-state index contributed by atoms with van der Waals surface area (Å²) in [4.78, 5) is 35.4. The van der Waals surface area contributed by atoms with Crippen LogP contribution in [0, 0.1) is 13.8 Å². The van der Waals surface area contributed by atoms with Gasteiger partial charge in [0.25, 0.3) is 11.7 Å². The molecule has 3 aromatic rings. The van der Waals surface area contributed by atoms with Gasteiger partial charge >= 0.3 is 0 Å². The third kappa shape index (κ3) is 5.18. The third-order valence-electron chi connectivity index (χ3n) is 7.26. The molecular formula is C30H38N4O4. The summed E-state index contributed by atoms with van der Waals surface area (Å²) in [7, 11) is 0. The maximum atomic E-state index is 13.5. The molecule has 0 radical (unpaired) electrons. The molecule has 8 heteroatoms. The second-order valence-corrected chi connectivity index (χ2v) is 9.72. The molecule has 1 fully saturated rings. The second-order valence-electron chi connectivity index (χ2n) is 9.72. The van der Waals surface area contributed by atoms with Gasteiger partial charge in [0, 0.05) is 12.7 Å². The molecule has 2 aromatic heterocycles. The van der Waals surface area contributed by atoms with Crippen LogP contribution in [0.5, 0.6) is 5.75 Å². The minimum Gasteiger partial charge on any atom is -0.505 e. The highest BCUT2D eigenvalue weighted by atomic mass is 16.5. The number of hydrogen-bond acceptors (Lipinski definition) is 6. The fourth-order valence-electron chi connectivity index (χ4n) is 5.13. The number of aliphatic hydroxyl groups excluding tert-OH is 1. The Morgan fingerprint density at radius 2 is 1.87 bits per heavy atom. The Hall–Kier alpha value is -3.65. The highest BCUT2D eigenvalue weighted by molar-refractivity contribution is 6.46. The van der Waals surface area contributed by atoms with E-state index < -0.39 is 17.7 Å². The van der Waals surface area contributed by atoms with Crippen molar-refractivity contribution in [1.82, 2.24) is 19.2 Å². The summed E-state index contributed by atoms with van der Waals surface area (Å²) in [6.45, 7) is 13.7. The van der Waals surface area contributed by atoms with Gasteiger partial charge < -0.3 is 24.0 Å². The molecule has 1 aliphatic heterocycles. The predicted molar refractivity (Wildman–Crippen MR) is 148 cm³/mol. The van der Waals surface area contributed by atoms with E-state index >= 15 is 0 Å². The van der Waals surface area contributed by atoms with E-state index in [1.54, 1.807) is 4.90 Å². The van der Waals surface area contributed by atoms with Crippen molar-refractivity contribution in [2.45, 2.75) is 53.5 Å². The first kappa shape index (κ1) is 27.4. The first-order chi connectivity index (χ1) is 18.3. The highest BCUT2D eigenvalue weighted by Crippen LogP contribution is 2.40. The number of imidazole rings is 1. The number of likely N-dealkylation sites (tertiary alicyclic amines) is 1. The Bertz CT molecular complexity index is 1360. The minimum atomic E-state index is -0.734. The maximum Gasteiger partial charge on any atom is 0.295 e. The van der Waals surface area contributed by atoms with Crippen LogP contribution in [-0.2, 0) is 9.59 Å². The quantitative estimate of drug-likeness (QED) is 0.221. The van der Waals surface area contributed by atoms with Crippen molar-refractivity contribution in [3.63, 3.8) is 0 Å². The smallest absolute Gasteiger partial charge is 0.295 e. The molecule has 1 unspecified atom stereocenters. The second kappa shape index (κ2) is 11.8.